The molecule has 47 heavy (non-hydrogen) atoms. The summed E-state index contributed by atoms with van der Waals surface area (Å²) in [6.07, 6.45) is 5.31. The average molecular weight is 672 g/mol. The van der Waals surface area contributed by atoms with Gasteiger partial charge in [-0.1, -0.05) is 115 Å². The zero-order valence-electron chi connectivity index (χ0n) is 26.9. The summed E-state index contributed by atoms with van der Waals surface area (Å²) in [5.41, 5.74) is 3.97. The first kappa shape index (κ1) is 34.2. The molecular formula is C38H42ClN3O4S. The second kappa shape index (κ2) is 15.6. The van der Waals surface area contributed by atoms with Crippen LogP contribution in [0, 0.1) is 13.8 Å². The smallest absolute Gasteiger partial charge is 0.264 e. The maximum Gasteiger partial charge on any atom is 0.264 e. The van der Waals surface area contributed by atoms with Gasteiger partial charge in [-0.05, 0) is 68.1 Å². The lowest BCUT2D eigenvalue weighted by atomic mass is 9.94. The first-order chi connectivity index (χ1) is 22.6. The van der Waals surface area contributed by atoms with Gasteiger partial charge in [0.25, 0.3) is 10.0 Å². The van der Waals surface area contributed by atoms with Gasteiger partial charge in [0.1, 0.15) is 12.6 Å². The van der Waals surface area contributed by atoms with Gasteiger partial charge in [0, 0.05) is 24.0 Å². The number of carbonyl (C=O) groups excluding carboxylic acids is 2. The molecule has 4 aromatic rings. The molecule has 0 aliphatic heterocycles. The van der Waals surface area contributed by atoms with Gasteiger partial charge in [0.05, 0.1) is 10.6 Å². The number of carbonyl (C=O) groups is 2. The third-order valence-electron chi connectivity index (χ3n) is 8.68. The molecule has 0 radical (unpaired) electrons. The molecule has 5 rings (SSSR count). The second-order valence-corrected chi connectivity index (χ2v) is 14.7. The first-order valence-corrected chi connectivity index (χ1v) is 18.0. The molecule has 0 bridgehead atoms. The molecule has 0 heterocycles. The number of halogens is 1. The highest BCUT2D eigenvalue weighted by Gasteiger charge is 2.35. The van der Waals surface area contributed by atoms with E-state index >= 15 is 0 Å². The Balaban J connectivity index is 1.56. The molecule has 246 valence electrons. The molecule has 1 N–H and O–H groups in total. The molecule has 1 fully saturated rings. The molecule has 1 aliphatic carbocycles. The predicted molar refractivity (Wildman–Crippen MR) is 188 cm³/mol. The Kier molecular flexibility index (Phi) is 11.4. The molecule has 0 aromatic heterocycles. The Hall–Kier alpha value is -4.14. The van der Waals surface area contributed by atoms with Gasteiger partial charge in [-0.25, -0.2) is 8.42 Å². The van der Waals surface area contributed by atoms with Gasteiger partial charge in [-0.2, -0.15) is 0 Å². The Bertz CT molecular complexity index is 1760. The van der Waals surface area contributed by atoms with E-state index in [-0.39, 0.29) is 35.5 Å². The van der Waals surface area contributed by atoms with Crippen molar-refractivity contribution < 1.29 is 18.0 Å². The summed E-state index contributed by atoms with van der Waals surface area (Å²) in [5.74, 6) is -0.738. The van der Waals surface area contributed by atoms with E-state index in [1.807, 2.05) is 68.4 Å². The number of nitrogens with zero attached hydrogens (tertiary/aromatic N) is 2. The zero-order chi connectivity index (χ0) is 33.4. The highest BCUT2D eigenvalue weighted by atomic mass is 35.5. The minimum Gasteiger partial charge on any atom is -0.352 e. The van der Waals surface area contributed by atoms with Crippen molar-refractivity contribution in [2.45, 2.75) is 75.9 Å². The van der Waals surface area contributed by atoms with Gasteiger partial charge in [0.2, 0.25) is 11.8 Å². The zero-order valence-corrected chi connectivity index (χ0v) is 28.5. The summed E-state index contributed by atoms with van der Waals surface area (Å²) >= 11 is 6.33. The van der Waals surface area contributed by atoms with E-state index in [2.05, 4.69) is 5.32 Å². The van der Waals surface area contributed by atoms with Crippen molar-refractivity contribution in [2.75, 3.05) is 10.8 Å². The van der Waals surface area contributed by atoms with Crippen LogP contribution in [0.2, 0.25) is 5.02 Å². The SMILES string of the molecule is Cc1ccc(CN(C(=O)CN(c2cccc(Cl)c2)S(=O)(=O)c2ccc(C)cc2)C(Cc2ccccc2)C(=O)NC2CCCCC2)cc1. The first-order valence-electron chi connectivity index (χ1n) is 16.1. The lowest BCUT2D eigenvalue weighted by Gasteiger charge is -2.35. The molecule has 1 aliphatic rings. The standard InChI is InChI=1S/C38H42ClN3O4S/c1-28-16-20-31(21-17-28)26-41(36(24-30-10-5-3-6-11-30)38(44)40-33-13-7-4-8-14-33)37(43)27-42(34-15-9-12-32(39)25-34)47(45,46)35-22-18-29(2)19-23-35/h3,5-6,9-12,15-23,25,33,36H,4,7-8,13-14,24,26-27H2,1-2H3,(H,40,44). The van der Waals surface area contributed by atoms with Gasteiger partial charge in [-0.15, -0.1) is 0 Å². The highest BCUT2D eigenvalue weighted by Crippen LogP contribution is 2.28. The van der Waals surface area contributed by atoms with E-state index in [9.17, 15) is 18.0 Å². The summed E-state index contributed by atoms with van der Waals surface area (Å²) in [7, 11) is -4.20. The minimum absolute atomic E-state index is 0.0377. The van der Waals surface area contributed by atoms with Crippen LogP contribution < -0.4 is 9.62 Å². The van der Waals surface area contributed by atoms with E-state index < -0.39 is 28.5 Å². The lowest BCUT2D eigenvalue weighted by Crippen LogP contribution is -2.55. The molecule has 1 saturated carbocycles. The lowest BCUT2D eigenvalue weighted by molar-refractivity contribution is -0.140. The monoisotopic (exact) mass is 671 g/mol. The number of rotatable bonds is 12. The Morgan fingerprint density at radius 3 is 2.09 bits per heavy atom. The number of sulfonamides is 1. The van der Waals surface area contributed by atoms with E-state index in [0.717, 1.165) is 58.7 Å². The van der Waals surface area contributed by atoms with Crippen LogP contribution in [-0.4, -0.2) is 43.8 Å². The number of benzene rings is 4. The number of aryl methyl sites for hydroxylation is 2. The highest BCUT2D eigenvalue weighted by molar-refractivity contribution is 7.92. The van der Waals surface area contributed by atoms with Gasteiger partial charge >= 0.3 is 0 Å². The van der Waals surface area contributed by atoms with Crippen LogP contribution in [-0.2, 0) is 32.6 Å². The fraction of sp³-hybridized carbons (Fsp3) is 0.316. The van der Waals surface area contributed by atoms with Crippen molar-refractivity contribution in [2.24, 2.45) is 0 Å². The van der Waals surface area contributed by atoms with Crippen LogP contribution in [0.25, 0.3) is 0 Å². The maximum absolute atomic E-state index is 14.7. The van der Waals surface area contributed by atoms with Gasteiger partial charge in [-0.3, -0.25) is 13.9 Å². The summed E-state index contributed by atoms with van der Waals surface area (Å²) < 4.78 is 29.5. The van der Waals surface area contributed by atoms with Gasteiger partial charge in [0.15, 0.2) is 0 Å². The van der Waals surface area contributed by atoms with Crippen molar-refractivity contribution in [3.63, 3.8) is 0 Å². The maximum atomic E-state index is 14.7. The fourth-order valence-electron chi connectivity index (χ4n) is 5.99. The summed E-state index contributed by atoms with van der Waals surface area (Å²) in [5, 5.41) is 3.58. The molecule has 7 nitrogen and oxygen atoms in total. The summed E-state index contributed by atoms with van der Waals surface area (Å²) in [6, 6.07) is 29.5. The third-order valence-corrected chi connectivity index (χ3v) is 10.7. The van der Waals surface area contributed by atoms with Crippen LogP contribution in [0.5, 0.6) is 0 Å². The van der Waals surface area contributed by atoms with Crippen molar-refractivity contribution in [3.8, 4) is 0 Å². The van der Waals surface area contributed by atoms with E-state index in [4.69, 9.17) is 11.6 Å². The number of anilines is 1. The van der Waals surface area contributed by atoms with Crippen LogP contribution in [0.3, 0.4) is 0 Å². The third kappa shape index (κ3) is 9.02. The number of amides is 2. The molecule has 0 spiro atoms. The van der Waals surface area contributed by atoms with E-state index in [1.165, 1.54) is 23.1 Å². The second-order valence-electron chi connectivity index (χ2n) is 12.4. The fourth-order valence-corrected chi connectivity index (χ4v) is 7.58. The largest absolute Gasteiger partial charge is 0.352 e. The Morgan fingerprint density at radius 1 is 0.809 bits per heavy atom. The van der Waals surface area contributed by atoms with Crippen molar-refractivity contribution >= 4 is 39.1 Å². The topological polar surface area (TPSA) is 86.8 Å². The van der Waals surface area contributed by atoms with Crippen molar-refractivity contribution in [1.29, 1.82) is 0 Å². The van der Waals surface area contributed by atoms with Gasteiger partial charge < -0.3 is 10.2 Å². The number of hydrogen-bond acceptors (Lipinski definition) is 4. The van der Waals surface area contributed by atoms with Crippen LogP contribution in [0.4, 0.5) is 5.69 Å². The van der Waals surface area contributed by atoms with Crippen LogP contribution in [0.15, 0.2) is 108 Å². The summed E-state index contributed by atoms with van der Waals surface area (Å²) in [4.78, 5) is 30.4. The summed E-state index contributed by atoms with van der Waals surface area (Å²) in [6.45, 7) is 3.47. The van der Waals surface area contributed by atoms with Crippen LogP contribution >= 0.6 is 11.6 Å². The normalized spacial score (nSPS) is 14.3. The number of hydrogen-bond donors (Lipinski definition) is 1. The minimum atomic E-state index is -4.20. The predicted octanol–water partition coefficient (Wildman–Crippen LogP) is 7.24. The molecule has 9 heteroatoms. The molecule has 4 aromatic carbocycles. The molecule has 1 atom stereocenters. The number of nitrogens with one attached hydrogen (secondary N) is 1. The average Bonchev–Trinajstić information content (AvgIpc) is 3.07. The van der Waals surface area contributed by atoms with Crippen LogP contribution in [0.1, 0.15) is 54.4 Å². The Morgan fingerprint density at radius 2 is 1.45 bits per heavy atom. The quantitative estimate of drug-likeness (QED) is 0.172. The molecule has 1 unspecified atom stereocenters. The van der Waals surface area contributed by atoms with Crippen molar-refractivity contribution in [3.05, 3.63) is 130 Å². The van der Waals surface area contributed by atoms with E-state index in [1.54, 1.807) is 30.3 Å². The Labute approximate surface area is 283 Å². The van der Waals surface area contributed by atoms with E-state index in [0.29, 0.717) is 5.02 Å². The molecule has 0 saturated heterocycles. The molecular weight excluding hydrogens is 630 g/mol. The molecule has 2 amide bonds. The van der Waals surface area contributed by atoms with Crippen molar-refractivity contribution in [1.82, 2.24) is 10.2 Å².